The van der Waals surface area contributed by atoms with Crippen molar-refractivity contribution in [2.45, 2.75) is 180 Å². The Morgan fingerprint density at radius 2 is 0.542 bits per heavy atom. The van der Waals surface area contributed by atoms with E-state index in [9.17, 15) is 0 Å². The van der Waals surface area contributed by atoms with Gasteiger partial charge in [0.05, 0.1) is 49.2 Å². The van der Waals surface area contributed by atoms with E-state index in [-0.39, 0.29) is 151 Å². The van der Waals surface area contributed by atoms with Crippen LogP contribution in [0.1, 0.15) is 106 Å². The van der Waals surface area contributed by atoms with Gasteiger partial charge in [0, 0.05) is 102 Å². The quantitative estimate of drug-likeness (QED) is 0.0733. The van der Waals surface area contributed by atoms with Crippen molar-refractivity contribution in [3.8, 4) is 0 Å². The molecular weight excluding hydrogens is 1730 g/mol. The van der Waals surface area contributed by atoms with Crippen LogP contribution in [0.4, 0.5) is 29.1 Å². The summed E-state index contributed by atoms with van der Waals surface area (Å²) in [6.07, 6.45) is 22.3. The zero-order chi connectivity index (χ0) is 66.5. The normalized spacial score (nSPS) is 17.8. The Hall–Kier alpha value is 0.0455. The maximum Gasteiger partial charge on any atom is 0.288 e. The topological polar surface area (TPSA) is 119 Å². The fourth-order valence-corrected chi connectivity index (χ4v) is 20.1. The van der Waals surface area contributed by atoms with Gasteiger partial charge in [0.25, 0.3) is 34.9 Å². The number of hydrogen-bond acceptors (Lipinski definition) is 15. The molecule has 541 valence electrons. The number of anilines is 5. The minimum Gasteiger partial charge on any atom is -0.477 e. The van der Waals surface area contributed by atoms with Crippen molar-refractivity contribution in [3.05, 3.63) is 91.6 Å². The van der Waals surface area contributed by atoms with Crippen molar-refractivity contribution >= 4 is 148 Å². The first-order valence-electron chi connectivity index (χ1n) is 34.6. The molecule has 96 heavy (non-hydrogen) atoms. The van der Waals surface area contributed by atoms with Crippen molar-refractivity contribution < 1.29 is 102 Å². The van der Waals surface area contributed by atoms with E-state index in [1.807, 2.05) is 61.3 Å². The van der Waals surface area contributed by atoms with Crippen molar-refractivity contribution in [3.63, 3.8) is 0 Å². The summed E-state index contributed by atoms with van der Waals surface area (Å²) in [5.74, 6) is 5.61. The van der Waals surface area contributed by atoms with E-state index in [0.29, 0.717) is 75.9 Å². The molecule has 5 aromatic rings. The van der Waals surface area contributed by atoms with Gasteiger partial charge in [-0.05, 0) is 93.1 Å². The van der Waals surface area contributed by atoms with Gasteiger partial charge in [-0.1, -0.05) is 269 Å². The Morgan fingerprint density at radius 1 is 0.302 bits per heavy atom. The van der Waals surface area contributed by atoms with Crippen LogP contribution >= 0.6 is 0 Å². The van der Waals surface area contributed by atoms with E-state index >= 15 is 0 Å². The van der Waals surface area contributed by atoms with Crippen LogP contribution in [0.25, 0.3) is 0 Å². The van der Waals surface area contributed by atoms with Crippen LogP contribution in [0.5, 0.6) is 0 Å². The molecule has 10 heterocycles. The molecule has 10 rings (SSSR count). The third kappa shape index (κ3) is 26.0. The van der Waals surface area contributed by atoms with Crippen LogP contribution in [-0.4, -0.2) is 232 Å². The van der Waals surface area contributed by atoms with Crippen LogP contribution in [0, 0.1) is 0 Å². The molecule has 5 aliphatic heterocycles. The molecule has 0 aliphatic carbocycles. The molecule has 5 aliphatic rings. The Labute approximate surface area is 669 Å². The van der Waals surface area contributed by atoms with Gasteiger partial charge >= 0.3 is 0 Å². The van der Waals surface area contributed by atoms with Crippen molar-refractivity contribution in [1.82, 2.24) is 70.9 Å². The van der Waals surface area contributed by atoms with E-state index in [0.717, 1.165) is 35.6 Å². The SMILES string of the molecule is CB1N(C)[SiH]N(c2ccc[n-]2)B(C)N1C(C)C.CCCCCCN1B(C)N(C)[SiH]N(c2ccc[n-]2)B1C.CCCCCN1B(C)N(C)[SiH]N(c2ccc[n-]2)B1C.CCCCN1B(C)N(C)[SiH]N(c2ccc[n-]2)B1C.CCCN1B(C)N(C)[SiH]N(c2ccc[n-]2)B1C.[Pd].[Pd].[Pd].[Pd].[Pd]. The first-order chi connectivity index (χ1) is 43.6. The first kappa shape index (κ1) is 94.1. The molecular formula is C56H112B10N20Pd5Si5-5. The fourth-order valence-electron chi connectivity index (χ4n) is 13.1. The van der Waals surface area contributed by atoms with Gasteiger partial charge in [-0.25, -0.2) is 0 Å². The Morgan fingerprint density at radius 3 is 0.792 bits per heavy atom. The Kier molecular flexibility index (Phi) is 47.2. The zero-order valence-corrected chi connectivity index (χ0v) is 75.4. The number of unbranched alkanes of at least 4 members (excludes halogenated alkanes) is 6. The molecule has 0 atom stereocenters. The van der Waals surface area contributed by atoms with Crippen molar-refractivity contribution in [2.24, 2.45) is 0 Å². The molecule has 0 saturated carbocycles. The molecule has 0 spiro atoms. The van der Waals surface area contributed by atoms with Crippen LogP contribution in [0.2, 0.25) is 68.2 Å². The molecule has 5 saturated heterocycles. The minimum atomic E-state index is 0. The molecule has 20 nitrogen and oxygen atoms in total. The van der Waals surface area contributed by atoms with Crippen LogP contribution in [-0.2, 0) is 102 Å². The minimum absolute atomic E-state index is 0. The van der Waals surface area contributed by atoms with E-state index in [1.165, 1.54) is 83.8 Å². The van der Waals surface area contributed by atoms with Gasteiger partial charge in [0.15, 0.2) is 0 Å². The largest absolute Gasteiger partial charge is 0.477 e. The average Bonchev–Trinajstić information content (AvgIpc) is 1.37. The molecule has 0 N–H and O–H groups in total. The zero-order valence-electron chi connectivity index (χ0n) is 61.8. The number of rotatable bonds is 20. The first-order valence-corrected chi connectivity index (χ1v) is 39.7. The predicted molar refractivity (Wildman–Crippen MR) is 415 cm³/mol. The van der Waals surface area contributed by atoms with Crippen molar-refractivity contribution in [2.75, 3.05) is 83.8 Å². The van der Waals surface area contributed by atoms with E-state index < -0.39 is 0 Å². The summed E-state index contributed by atoms with van der Waals surface area (Å²) in [4.78, 5) is 22.3. The molecule has 5 fully saturated rings. The van der Waals surface area contributed by atoms with Gasteiger partial charge in [-0.15, -0.1) is 0 Å². The van der Waals surface area contributed by atoms with E-state index in [2.05, 4.69) is 269 Å². The maximum absolute atomic E-state index is 4.49. The summed E-state index contributed by atoms with van der Waals surface area (Å²) in [6, 6.07) is 21.2. The molecule has 0 amide bonds. The van der Waals surface area contributed by atoms with Gasteiger partial charge in [-0.3, -0.25) is 0 Å². The second-order valence-corrected chi connectivity index (χ2v) is 33.9. The van der Waals surface area contributed by atoms with Gasteiger partial charge in [0.1, 0.15) is 0 Å². The van der Waals surface area contributed by atoms with Gasteiger partial charge < -0.3 is 93.3 Å². The molecule has 0 unspecified atom stereocenters. The van der Waals surface area contributed by atoms with Crippen LogP contribution in [0.15, 0.2) is 91.6 Å². The summed E-state index contributed by atoms with van der Waals surface area (Å²) >= 11 is 0. The smallest absolute Gasteiger partial charge is 0.288 e. The summed E-state index contributed by atoms with van der Waals surface area (Å²) in [5, 5.41) is 0. The van der Waals surface area contributed by atoms with E-state index in [4.69, 9.17) is 0 Å². The van der Waals surface area contributed by atoms with E-state index in [1.54, 1.807) is 0 Å². The standard InChI is InChI=1S/C13H26B2N4Si.C12H24B2N4Si.C11H22B2N4Si.2C10H20B2N4Si.5Pd/c1-5-6-7-8-12-18-14(2)17(4)20-19(15(18)3)13-10-9-11-16-13;1-5-6-7-11-17-13(2)16(4)19-18(14(17)3)12-9-8-10-15-12;1-5-6-10-16-12(2)15(4)18-17(13(16)3)11-8-7-9-14-11;1-9(2)15-11(3)14(5)17-16(12(15)4)10-7-6-8-13-10;1-5-9-15-11(2)14(4)17-16(12(15)3)10-7-6-8-13-10;;;;;/h9-11,20H,5-8,12H2,1-4H3;8-10,19H,5-7,11H2,1-4H3;7-9,18H,5-6,10H2,1-4H3;6-9,17H,1-5H3;6-8,17H,5,9H2,1-4H3;;;;;/q5*-1;;;;;. The second-order valence-electron chi connectivity index (χ2n) is 25.9. The molecule has 0 aromatic carbocycles. The average molecular weight is 1850 g/mol. The Bertz CT molecular complexity index is 2690. The third-order valence-electron chi connectivity index (χ3n) is 19.3. The summed E-state index contributed by atoms with van der Waals surface area (Å²) < 4.78 is 37.4. The second kappa shape index (κ2) is 48.2. The Balaban J connectivity index is 0.000000593. The monoisotopic (exact) mass is 1840 g/mol. The third-order valence-corrected chi connectivity index (χ3v) is 28.0. The van der Waals surface area contributed by atoms with Crippen molar-refractivity contribution in [1.29, 1.82) is 0 Å². The predicted octanol–water partition coefficient (Wildman–Crippen LogP) is 5.38. The summed E-state index contributed by atoms with van der Waals surface area (Å²) in [6.45, 7) is 46.2. The molecule has 5 aromatic heterocycles. The van der Waals surface area contributed by atoms with Crippen LogP contribution < -0.4 is 47.3 Å². The molecule has 0 bridgehead atoms. The maximum atomic E-state index is 4.49. The number of aromatic nitrogens is 5. The summed E-state index contributed by atoms with van der Waals surface area (Å²) in [7, 11) is 11.8. The number of nitrogens with zero attached hydrogens (tertiary/aromatic N) is 20. The van der Waals surface area contributed by atoms with Gasteiger partial charge in [0.2, 0.25) is 34.9 Å². The van der Waals surface area contributed by atoms with Crippen LogP contribution in [0.3, 0.4) is 0 Å². The number of hydrogen-bond donors (Lipinski definition) is 0. The summed E-state index contributed by atoms with van der Waals surface area (Å²) in [5.41, 5.74) is 0. The fraction of sp³-hybridized carbons (Fsp3) is 0.643. The molecule has 40 heteroatoms. The molecule has 5 radical (unpaired) electrons. The van der Waals surface area contributed by atoms with Gasteiger partial charge in [-0.2, -0.15) is 0 Å².